The van der Waals surface area contributed by atoms with Gasteiger partial charge in [-0.1, -0.05) is 0 Å². The van der Waals surface area contributed by atoms with Gasteiger partial charge in [0, 0.05) is 24.7 Å². The van der Waals surface area contributed by atoms with Crippen molar-refractivity contribution in [3.05, 3.63) is 53.3 Å². The van der Waals surface area contributed by atoms with E-state index in [1.165, 1.54) is 25.1 Å². The molecule has 2 aromatic carbocycles. The van der Waals surface area contributed by atoms with Crippen molar-refractivity contribution in [2.24, 2.45) is 0 Å². The average Bonchev–Trinajstić information content (AvgIpc) is 2.69. The molecule has 0 bridgehead atoms. The van der Waals surface area contributed by atoms with Crippen LogP contribution in [0.5, 0.6) is 5.75 Å². The summed E-state index contributed by atoms with van der Waals surface area (Å²) in [5.74, 6) is -0.147. The van der Waals surface area contributed by atoms with Gasteiger partial charge in [-0.05, 0) is 68.1 Å². The molecule has 6 nitrogen and oxygen atoms in total. The van der Waals surface area contributed by atoms with Crippen molar-refractivity contribution in [3.63, 3.8) is 0 Å². The zero-order valence-electron chi connectivity index (χ0n) is 16.2. The zero-order valence-corrected chi connectivity index (χ0v) is 17.0. The van der Waals surface area contributed by atoms with Crippen molar-refractivity contribution in [3.8, 4) is 5.75 Å². The smallest absolute Gasteiger partial charge is 0.261 e. The Morgan fingerprint density at radius 3 is 2.76 bits per heavy atom. The third-order valence-corrected chi connectivity index (χ3v) is 6.88. The van der Waals surface area contributed by atoms with Gasteiger partial charge in [0.1, 0.15) is 11.6 Å². The summed E-state index contributed by atoms with van der Waals surface area (Å²) in [4.78, 5) is 15.0. The molecule has 8 heteroatoms. The van der Waals surface area contributed by atoms with E-state index >= 15 is 0 Å². The topological polar surface area (TPSA) is 75.7 Å². The molecule has 1 saturated heterocycles. The predicted octanol–water partition coefficient (Wildman–Crippen LogP) is 3.71. The summed E-state index contributed by atoms with van der Waals surface area (Å²) in [6.07, 6.45) is 3.82. The minimum atomic E-state index is -3.92. The van der Waals surface area contributed by atoms with E-state index in [2.05, 4.69) is 4.72 Å². The lowest BCUT2D eigenvalue weighted by atomic mass is 9.97. The van der Waals surface area contributed by atoms with E-state index in [1.54, 1.807) is 12.1 Å². The number of hydrogen-bond acceptors (Lipinski definition) is 4. The largest absolute Gasteiger partial charge is 0.493 e. The first-order chi connectivity index (χ1) is 13.8. The number of fused-ring (bicyclic) bond motifs is 2. The van der Waals surface area contributed by atoms with E-state index in [0.29, 0.717) is 24.5 Å². The SMILES string of the molecule is Cc1cc(S(=O)(=O)Nc2ccc3c(c2)C(=O)N2CCCCC2CCO3)ccc1F. The number of ether oxygens (including phenoxy) is 1. The second-order valence-electron chi connectivity index (χ2n) is 7.51. The van der Waals surface area contributed by atoms with Gasteiger partial charge in [0.05, 0.1) is 17.1 Å². The Bertz CT molecular complexity index is 1050. The number of rotatable bonds is 3. The number of nitrogens with zero attached hydrogens (tertiary/aromatic N) is 1. The summed E-state index contributed by atoms with van der Waals surface area (Å²) in [5, 5.41) is 0. The van der Waals surface area contributed by atoms with Crippen molar-refractivity contribution < 1.29 is 22.3 Å². The highest BCUT2D eigenvalue weighted by Gasteiger charge is 2.31. The summed E-state index contributed by atoms with van der Waals surface area (Å²) < 4.78 is 47.2. The van der Waals surface area contributed by atoms with Crippen molar-refractivity contribution in [2.45, 2.75) is 43.5 Å². The van der Waals surface area contributed by atoms with Crippen LogP contribution in [-0.2, 0) is 10.0 Å². The standard InChI is InChI=1S/C21H23FN2O4S/c1-14-12-17(6-7-19(14)22)29(26,27)23-15-5-8-20-18(13-15)21(25)24-10-3-2-4-16(24)9-11-28-20/h5-8,12-13,16,23H,2-4,9-11H2,1H3. The third kappa shape index (κ3) is 3.94. The number of benzene rings is 2. The molecular weight excluding hydrogens is 395 g/mol. The molecule has 1 N–H and O–H groups in total. The van der Waals surface area contributed by atoms with Crippen LogP contribution in [0.1, 0.15) is 41.6 Å². The van der Waals surface area contributed by atoms with Gasteiger partial charge in [-0.15, -0.1) is 0 Å². The number of halogens is 1. The Kier molecular flexibility index (Phi) is 5.21. The monoisotopic (exact) mass is 418 g/mol. The van der Waals surface area contributed by atoms with Gasteiger partial charge in [0.2, 0.25) is 0 Å². The Hall–Kier alpha value is -2.61. The fourth-order valence-electron chi connectivity index (χ4n) is 3.91. The number of nitrogens with one attached hydrogen (secondary N) is 1. The zero-order chi connectivity index (χ0) is 20.6. The van der Waals surface area contributed by atoms with E-state index in [1.807, 2.05) is 4.90 Å². The third-order valence-electron chi connectivity index (χ3n) is 5.50. The first-order valence-corrected chi connectivity index (χ1v) is 11.2. The summed E-state index contributed by atoms with van der Waals surface area (Å²) in [5.41, 5.74) is 0.856. The van der Waals surface area contributed by atoms with Crippen LogP contribution < -0.4 is 9.46 Å². The number of amides is 1. The molecule has 0 spiro atoms. The second kappa shape index (κ2) is 7.67. The first-order valence-electron chi connectivity index (χ1n) is 9.72. The molecular formula is C21H23FN2O4S. The highest BCUT2D eigenvalue weighted by Crippen LogP contribution is 2.31. The van der Waals surface area contributed by atoms with Gasteiger partial charge in [0.15, 0.2) is 0 Å². The fraction of sp³-hybridized carbons (Fsp3) is 0.381. The van der Waals surface area contributed by atoms with E-state index in [-0.39, 0.29) is 28.1 Å². The Balaban J connectivity index is 1.65. The van der Waals surface area contributed by atoms with E-state index in [9.17, 15) is 17.6 Å². The highest BCUT2D eigenvalue weighted by atomic mass is 32.2. The first kappa shape index (κ1) is 19.7. The molecule has 1 atom stereocenters. The number of aryl methyl sites for hydroxylation is 1. The number of piperidine rings is 1. The molecule has 0 aromatic heterocycles. The van der Waals surface area contributed by atoms with Crippen LogP contribution in [0.4, 0.5) is 10.1 Å². The fourth-order valence-corrected chi connectivity index (χ4v) is 5.05. The maximum absolute atomic E-state index is 13.5. The summed E-state index contributed by atoms with van der Waals surface area (Å²) in [6.45, 7) is 2.72. The van der Waals surface area contributed by atoms with Crippen molar-refractivity contribution in [1.29, 1.82) is 0 Å². The number of sulfonamides is 1. The highest BCUT2D eigenvalue weighted by molar-refractivity contribution is 7.92. The number of carbonyl (C=O) groups is 1. The number of hydrogen-bond donors (Lipinski definition) is 1. The van der Waals surface area contributed by atoms with Gasteiger partial charge < -0.3 is 9.64 Å². The molecule has 0 aliphatic carbocycles. The molecule has 2 aliphatic rings. The normalized spacial score (nSPS) is 19.4. The van der Waals surface area contributed by atoms with Crippen molar-refractivity contribution >= 4 is 21.6 Å². The van der Waals surface area contributed by atoms with E-state index in [0.717, 1.165) is 31.7 Å². The van der Waals surface area contributed by atoms with Crippen LogP contribution in [0.2, 0.25) is 0 Å². The van der Waals surface area contributed by atoms with Gasteiger partial charge in [-0.3, -0.25) is 9.52 Å². The summed E-state index contributed by atoms with van der Waals surface area (Å²) in [7, 11) is -3.92. The summed E-state index contributed by atoms with van der Waals surface area (Å²) in [6, 6.07) is 8.47. The molecule has 1 amide bonds. The molecule has 4 rings (SSSR count). The maximum atomic E-state index is 13.5. The van der Waals surface area contributed by atoms with Crippen molar-refractivity contribution in [2.75, 3.05) is 17.9 Å². The van der Waals surface area contributed by atoms with Crippen LogP contribution in [-0.4, -0.2) is 38.4 Å². The summed E-state index contributed by atoms with van der Waals surface area (Å²) >= 11 is 0. The Morgan fingerprint density at radius 1 is 1.14 bits per heavy atom. The molecule has 2 heterocycles. The molecule has 0 radical (unpaired) electrons. The molecule has 2 aromatic rings. The molecule has 0 saturated carbocycles. The molecule has 2 aliphatic heterocycles. The minimum absolute atomic E-state index is 0.0400. The average molecular weight is 418 g/mol. The Labute approximate surface area is 169 Å². The molecule has 154 valence electrons. The maximum Gasteiger partial charge on any atom is 0.261 e. The second-order valence-corrected chi connectivity index (χ2v) is 9.20. The predicted molar refractivity (Wildman–Crippen MR) is 107 cm³/mol. The molecule has 1 unspecified atom stereocenters. The van der Waals surface area contributed by atoms with Gasteiger partial charge in [-0.25, -0.2) is 12.8 Å². The van der Waals surface area contributed by atoms with Gasteiger partial charge >= 0.3 is 0 Å². The van der Waals surface area contributed by atoms with Gasteiger partial charge in [0.25, 0.3) is 15.9 Å². The molecule has 1 fully saturated rings. The Morgan fingerprint density at radius 2 is 1.97 bits per heavy atom. The van der Waals surface area contributed by atoms with Crippen LogP contribution in [0, 0.1) is 12.7 Å². The van der Waals surface area contributed by atoms with Gasteiger partial charge in [-0.2, -0.15) is 0 Å². The van der Waals surface area contributed by atoms with E-state index < -0.39 is 15.8 Å². The minimum Gasteiger partial charge on any atom is -0.493 e. The van der Waals surface area contributed by atoms with Crippen LogP contribution in [0.3, 0.4) is 0 Å². The lowest BCUT2D eigenvalue weighted by molar-refractivity contribution is 0.0548. The van der Waals surface area contributed by atoms with Crippen LogP contribution in [0.25, 0.3) is 0 Å². The lowest BCUT2D eigenvalue weighted by Gasteiger charge is -2.37. The quantitative estimate of drug-likeness (QED) is 0.825. The van der Waals surface area contributed by atoms with Crippen molar-refractivity contribution in [1.82, 2.24) is 4.90 Å². The number of carbonyl (C=O) groups excluding carboxylic acids is 1. The van der Waals surface area contributed by atoms with Crippen LogP contribution >= 0.6 is 0 Å². The molecule has 29 heavy (non-hydrogen) atoms. The number of anilines is 1. The van der Waals surface area contributed by atoms with Crippen LogP contribution in [0.15, 0.2) is 41.3 Å². The van der Waals surface area contributed by atoms with E-state index in [4.69, 9.17) is 4.74 Å². The lowest BCUT2D eigenvalue weighted by Crippen LogP contribution is -2.45.